The Morgan fingerprint density at radius 1 is 1.19 bits per heavy atom. The molecule has 1 aromatic heterocycles. The number of hydrogen-bond acceptors (Lipinski definition) is 2. The molecule has 0 atom stereocenters. The molecule has 0 saturated carbocycles. The van der Waals surface area contributed by atoms with Crippen molar-refractivity contribution in [1.82, 2.24) is 15.4 Å². The largest absolute Gasteiger partial charge is 0.417 e. The van der Waals surface area contributed by atoms with Gasteiger partial charge in [-0.1, -0.05) is 6.07 Å². The smallest absolute Gasteiger partial charge is 0.206 e. The Morgan fingerprint density at radius 3 is 2.50 bits per heavy atom. The summed E-state index contributed by atoms with van der Waals surface area (Å²) in [6.45, 7) is 0. The number of nitrogens with one attached hydrogen (secondary N) is 1. The van der Waals surface area contributed by atoms with Crippen molar-refractivity contribution >= 4 is 0 Å². The van der Waals surface area contributed by atoms with Gasteiger partial charge in [-0.2, -0.15) is 28.6 Å². The van der Waals surface area contributed by atoms with E-state index in [1.807, 2.05) is 0 Å². The van der Waals surface area contributed by atoms with E-state index in [1.165, 1.54) is 0 Å². The molecule has 0 fully saturated rings. The van der Waals surface area contributed by atoms with Gasteiger partial charge in [-0.05, 0) is 12.1 Å². The van der Waals surface area contributed by atoms with Gasteiger partial charge in [-0.3, -0.25) is 0 Å². The molecule has 0 spiro atoms. The summed E-state index contributed by atoms with van der Waals surface area (Å²) >= 11 is 0. The number of aromatic amines is 1. The van der Waals surface area contributed by atoms with Gasteiger partial charge in [0.15, 0.2) is 0 Å². The van der Waals surface area contributed by atoms with E-state index in [1.54, 1.807) is 0 Å². The first kappa shape index (κ1) is 10.6. The molecule has 0 unspecified atom stereocenters. The third-order valence-electron chi connectivity index (χ3n) is 1.99. The highest BCUT2D eigenvalue weighted by molar-refractivity contribution is 5.64. The molecule has 0 radical (unpaired) electrons. The Bertz CT molecular complexity index is 490. The molecule has 2 rings (SSSR count). The lowest BCUT2D eigenvalue weighted by atomic mass is 10.0. The van der Waals surface area contributed by atoms with Gasteiger partial charge in [0.25, 0.3) is 0 Å². The predicted molar refractivity (Wildman–Crippen MR) is 46.8 cm³/mol. The summed E-state index contributed by atoms with van der Waals surface area (Å²) in [4.78, 5) is 0. The van der Waals surface area contributed by atoms with Gasteiger partial charge in [-0.25, -0.2) is 4.39 Å². The van der Waals surface area contributed by atoms with E-state index >= 15 is 0 Å². The number of nitrogens with zero attached hydrogens (tertiary/aromatic N) is 2. The van der Waals surface area contributed by atoms with Gasteiger partial charge in [0.05, 0.1) is 17.3 Å². The predicted octanol–water partition coefficient (Wildman–Crippen LogP) is 2.63. The number of benzene rings is 1. The lowest BCUT2D eigenvalue weighted by Crippen LogP contribution is -2.08. The van der Waals surface area contributed by atoms with Crippen LogP contribution in [0.3, 0.4) is 0 Å². The molecule has 0 bridgehead atoms. The molecule has 7 heteroatoms. The van der Waals surface area contributed by atoms with Crippen molar-refractivity contribution < 1.29 is 17.6 Å². The Hall–Kier alpha value is -1.92. The lowest BCUT2D eigenvalue weighted by molar-refractivity contribution is -0.137. The quantitative estimate of drug-likeness (QED) is 0.766. The second kappa shape index (κ2) is 3.58. The second-order valence-electron chi connectivity index (χ2n) is 3.02. The van der Waals surface area contributed by atoms with Crippen molar-refractivity contribution in [3.8, 4) is 11.3 Å². The van der Waals surface area contributed by atoms with Gasteiger partial charge >= 0.3 is 6.18 Å². The highest BCUT2D eigenvalue weighted by atomic mass is 19.4. The van der Waals surface area contributed by atoms with Crippen molar-refractivity contribution in [2.45, 2.75) is 6.18 Å². The Morgan fingerprint density at radius 2 is 1.94 bits per heavy atom. The van der Waals surface area contributed by atoms with E-state index in [2.05, 4.69) is 15.4 Å². The summed E-state index contributed by atoms with van der Waals surface area (Å²) in [6.07, 6.45) is -3.59. The minimum atomic E-state index is -4.63. The average molecular weight is 231 g/mol. The number of H-pyrrole nitrogens is 1. The van der Waals surface area contributed by atoms with Crippen LogP contribution in [0, 0.1) is 5.82 Å². The molecule has 0 aliphatic heterocycles. The number of alkyl halides is 3. The van der Waals surface area contributed by atoms with Crippen molar-refractivity contribution in [3.63, 3.8) is 0 Å². The van der Waals surface area contributed by atoms with Crippen LogP contribution in [0.1, 0.15) is 5.56 Å². The summed E-state index contributed by atoms with van der Waals surface area (Å²) in [7, 11) is 0. The minimum Gasteiger partial charge on any atom is -0.206 e. The van der Waals surface area contributed by atoms with Gasteiger partial charge < -0.3 is 0 Å². The van der Waals surface area contributed by atoms with Crippen LogP contribution in [0.5, 0.6) is 0 Å². The summed E-state index contributed by atoms with van der Waals surface area (Å²) < 4.78 is 51.1. The molecule has 1 N–H and O–H groups in total. The lowest BCUT2D eigenvalue weighted by Gasteiger charge is -2.11. The number of rotatable bonds is 1. The van der Waals surface area contributed by atoms with Crippen LogP contribution in [0.15, 0.2) is 24.4 Å². The van der Waals surface area contributed by atoms with Crippen molar-refractivity contribution in [3.05, 3.63) is 35.8 Å². The molecule has 0 aliphatic carbocycles. The van der Waals surface area contributed by atoms with Gasteiger partial charge in [0.1, 0.15) is 11.5 Å². The monoisotopic (exact) mass is 231 g/mol. The fourth-order valence-corrected chi connectivity index (χ4v) is 1.34. The average Bonchev–Trinajstić information content (AvgIpc) is 2.68. The van der Waals surface area contributed by atoms with E-state index in [9.17, 15) is 17.6 Å². The number of hydrogen-bond donors (Lipinski definition) is 1. The maximum absolute atomic E-state index is 13.4. The van der Waals surface area contributed by atoms with E-state index in [0.717, 1.165) is 24.4 Å². The zero-order valence-electron chi connectivity index (χ0n) is 7.72. The molecular weight excluding hydrogens is 226 g/mol. The molecule has 3 nitrogen and oxygen atoms in total. The first-order valence-corrected chi connectivity index (χ1v) is 4.22. The maximum Gasteiger partial charge on any atom is 0.417 e. The molecule has 2 aromatic rings. The Balaban J connectivity index is 2.68. The van der Waals surface area contributed by atoms with Gasteiger partial charge in [-0.15, -0.1) is 0 Å². The Kier molecular flexibility index (Phi) is 2.37. The van der Waals surface area contributed by atoms with Crippen LogP contribution in [0.2, 0.25) is 0 Å². The zero-order chi connectivity index (χ0) is 11.8. The third kappa shape index (κ3) is 1.75. The highest BCUT2D eigenvalue weighted by Crippen LogP contribution is 2.37. The van der Waals surface area contributed by atoms with Gasteiger partial charge in [0, 0.05) is 0 Å². The van der Waals surface area contributed by atoms with E-state index in [-0.39, 0.29) is 5.69 Å². The summed E-state index contributed by atoms with van der Waals surface area (Å²) in [5.74, 6) is -0.983. The topological polar surface area (TPSA) is 41.6 Å². The van der Waals surface area contributed by atoms with Crippen LogP contribution in [0.4, 0.5) is 17.6 Å². The molecule has 1 aromatic carbocycles. The van der Waals surface area contributed by atoms with Crippen LogP contribution < -0.4 is 0 Å². The van der Waals surface area contributed by atoms with E-state index < -0.39 is 23.1 Å². The fourth-order valence-electron chi connectivity index (χ4n) is 1.34. The first-order valence-electron chi connectivity index (χ1n) is 4.22. The molecule has 0 amide bonds. The van der Waals surface area contributed by atoms with Gasteiger partial charge in [0.2, 0.25) is 0 Å². The molecule has 1 heterocycles. The molecule has 84 valence electrons. The SMILES string of the molecule is Fc1cccc(C(F)(F)F)c1-c1cn[nH]n1. The first-order chi connectivity index (χ1) is 7.50. The van der Waals surface area contributed by atoms with E-state index in [0.29, 0.717) is 0 Å². The number of halogens is 4. The zero-order valence-corrected chi connectivity index (χ0v) is 7.72. The molecular formula is C9H5F4N3. The van der Waals surface area contributed by atoms with Crippen molar-refractivity contribution in [1.29, 1.82) is 0 Å². The minimum absolute atomic E-state index is 0.176. The van der Waals surface area contributed by atoms with Crippen molar-refractivity contribution in [2.75, 3.05) is 0 Å². The van der Waals surface area contributed by atoms with Crippen LogP contribution in [-0.4, -0.2) is 15.4 Å². The van der Waals surface area contributed by atoms with Crippen LogP contribution >= 0.6 is 0 Å². The fraction of sp³-hybridized carbons (Fsp3) is 0.111. The maximum atomic E-state index is 13.4. The third-order valence-corrected chi connectivity index (χ3v) is 1.99. The summed E-state index contributed by atoms with van der Waals surface area (Å²) in [5, 5.41) is 8.94. The molecule has 0 saturated heterocycles. The second-order valence-corrected chi connectivity index (χ2v) is 3.02. The molecule has 16 heavy (non-hydrogen) atoms. The summed E-state index contributed by atoms with van der Waals surface area (Å²) in [6, 6.07) is 2.74. The number of aromatic nitrogens is 3. The van der Waals surface area contributed by atoms with Crippen LogP contribution in [-0.2, 0) is 6.18 Å². The molecule has 0 aliphatic rings. The van der Waals surface area contributed by atoms with E-state index in [4.69, 9.17) is 0 Å². The standard InChI is InChI=1S/C9H5F4N3/c10-6-3-1-2-5(9(11,12)13)8(6)7-4-14-16-15-7/h1-4H,(H,14,15,16). The van der Waals surface area contributed by atoms with Crippen molar-refractivity contribution in [2.24, 2.45) is 0 Å². The van der Waals surface area contributed by atoms with Crippen LogP contribution in [0.25, 0.3) is 11.3 Å². The normalized spacial score (nSPS) is 11.8. The summed E-state index contributed by atoms with van der Waals surface area (Å²) in [5.41, 5.74) is -1.84. The Labute approximate surface area is 87.1 Å². The highest BCUT2D eigenvalue weighted by Gasteiger charge is 2.35.